The number of benzene rings is 2. The van der Waals surface area contributed by atoms with Crippen molar-refractivity contribution >= 4 is 5.69 Å². The minimum absolute atomic E-state index is 0.0622. The van der Waals surface area contributed by atoms with Crippen molar-refractivity contribution in [3.05, 3.63) is 48.0 Å². The van der Waals surface area contributed by atoms with Crippen molar-refractivity contribution in [2.45, 2.75) is 13.0 Å². The summed E-state index contributed by atoms with van der Waals surface area (Å²) in [5.41, 5.74) is 2.00. The normalized spacial score (nSPS) is 16.4. The van der Waals surface area contributed by atoms with Crippen LogP contribution in [0, 0.1) is 0 Å². The molecule has 2 aromatic carbocycles. The maximum absolute atomic E-state index is 9.47. The number of rotatable bonds is 4. The van der Waals surface area contributed by atoms with Gasteiger partial charge in [0.25, 0.3) is 0 Å². The second kappa shape index (κ2) is 5.33. The number of para-hydroxylation sites is 2. The highest BCUT2D eigenvalue weighted by molar-refractivity contribution is 5.59. The maximum atomic E-state index is 9.47. The summed E-state index contributed by atoms with van der Waals surface area (Å²) in [6.07, 6.45) is 0. The summed E-state index contributed by atoms with van der Waals surface area (Å²) in [5, 5.41) is 12.9. The molecule has 1 aliphatic rings. The molecule has 0 aromatic heterocycles. The molecular formula is C16H17NO3. The third-order valence-electron chi connectivity index (χ3n) is 3.29. The van der Waals surface area contributed by atoms with Crippen molar-refractivity contribution in [3.63, 3.8) is 0 Å². The van der Waals surface area contributed by atoms with Crippen LogP contribution in [0.3, 0.4) is 0 Å². The molecule has 0 fully saturated rings. The number of phenolic OH excluding ortho intramolecular Hbond substituents is 1. The van der Waals surface area contributed by atoms with E-state index in [0.29, 0.717) is 13.2 Å². The van der Waals surface area contributed by atoms with E-state index in [9.17, 15) is 5.11 Å². The molecule has 0 amide bonds. The summed E-state index contributed by atoms with van der Waals surface area (Å²) < 4.78 is 11.2. The molecule has 20 heavy (non-hydrogen) atoms. The van der Waals surface area contributed by atoms with Crippen molar-refractivity contribution in [2.75, 3.05) is 18.5 Å². The Balaban J connectivity index is 1.84. The molecule has 2 aromatic rings. The van der Waals surface area contributed by atoms with E-state index < -0.39 is 0 Å². The molecular weight excluding hydrogens is 254 g/mol. The van der Waals surface area contributed by atoms with Crippen LogP contribution in [0.2, 0.25) is 0 Å². The third-order valence-corrected chi connectivity index (χ3v) is 3.29. The summed E-state index contributed by atoms with van der Waals surface area (Å²) in [7, 11) is 0. The minimum Gasteiger partial charge on any atom is -0.508 e. The fraction of sp³-hybridized carbons (Fsp3) is 0.250. The quantitative estimate of drug-likeness (QED) is 0.895. The number of aromatic hydroxyl groups is 1. The van der Waals surface area contributed by atoms with E-state index in [1.807, 2.05) is 37.3 Å². The number of fused-ring (bicyclic) bond motifs is 1. The van der Waals surface area contributed by atoms with E-state index >= 15 is 0 Å². The second-order valence-electron chi connectivity index (χ2n) is 4.66. The van der Waals surface area contributed by atoms with Gasteiger partial charge in [0, 0.05) is 11.6 Å². The van der Waals surface area contributed by atoms with Crippen molar-refractivity contribution in [1.82, 2.24) is 0 Å². The predicted molar refractivity (Wildman–Crippen MR) is 77.6 cm³/mol. The lowest BCUT2D eigenvalue weighted by Crippen LogP contribution is -2.12. The topological polar surface area (TPSA) is 50.7 Å². The van der Waals surface area contributed by atoms with Gasteiger partial charge in [-0.2, -0.15) is 0 Å². The number of hydrogen-bond donors (Lipinski definition) is 2. The van der Waals surface area contributed by atoms with Crippen molar-refractivity contribution < 1.29 is 14.6 Å². The highest BCUT2D eigenvalue weighted by Crippen LogP contribution is 2.38. The Hall–Kier alpha value is -2.36. The molecule has 1 aliphatic heterocycles. The molecule has 3 rings (SSSR count). The largest absolute Gasteiger partial charge is 0.508 e. The van der Waals surface area contributed by atoms with E-state index in [4.69, 9.17) is 9.47 Å². The Morgan fingerprint density at radius 2 is 2.15 bits per heavy atom. The van der Waals surface area contributed by atoms with Crippen LogP contribution in [0.15, 0.2) is 42.5 Å². The zero-order valence-corrected chi connectivity index (χ0v) is 11.3. The molecule has 0 spiro atoms. The fourth-order valence-corrected chi connectivity index (χ4v) is 2.37. The molecule has 0 bridgehead atoms. The molecule has 4 nitrogen and oxygen atoms in total. The molecule has 0 saturated heterocycles. The van der Waals surface area contributed by atoms with Crippen LogP contribution in [0.1, 0.15) is 18.5 Å². The smallest absolute Gasteiger partial charge is 0.142 e. The molecule has 2 N–H and O–H groups in total. The van der Waals surface area contributed by atoms with Crippen LogP contribution < -0.4 is 14.8 Å². The first-order chi connectivity index (χ1) is 9.78. The highest BCUT2D eigenvalue weighted by atomic mass is 16.5. The van der Waals surface area contributed by atoms with Crippen molar-refractivity contribution in [1.29, 1.82) is 0 Å². The number of hydrogen-bond acceptors (Lipinski definition) is 4. The first-order valence-electron chi connectivity index (χ1n) is 6.72. The van der Waals surface area contributed by atoms with Gasteiger partial charge < -0.3 is 19.9 Å². The number of anilines is 1. The first kappa shape index (κ1) is 12.7. The van der Waals surface area contributed by atoms with Gasteiger partial charge in [-0.15, -0.1) is 0 Å². The van der Waals surface area contributed by atoms with Crippen molar-refractivity contribution in [2.24, 2.45) is 0 Å². The van der Waals surface area contributed by atoms with Crippen LogP contribution in [0.4, 0.5) is 5.69 Å². The maximum Gasteiger partial charge on any atom is 0.142 e. The number of nitrogens with one attached hydrogen (secondary N) is 1. The SMILES string of the molecule is CCOc1ccccc1NC1COc2cc(O)ccc21. The van der Waals surface area contributed by atoms with Gasteiger partial charge in [-0.1, -0.05) is 12.1 Å². The minimum atomic E-state index is 0.0622. The van der Waals surface area contributed by atoms with Crippen LogP contribution in [0.5, 0.6) is 17.2 Å². The van der Waals surface area contributed by atoms with Crippen LogP contribution in [-0.2, 0) is 0 Å². The van der Waals surface area contributed by atoms with Gasteiger partial charge in [0.2, 0.25) is 0 Å². The zero-order valence-electron chi connectivity index (χ0n) is 11.3. The van der Waals surface area contributed by atoms with E-state index in [2.05, 4.69) is 5.32 Å². The number of ether oxygens (including phenoxy) is 2. The molecule has 1 heterocycles. The van der Waals surface area contributed by atoms with Gasteiger partial charge in [0.1, 0.15) is 23.9 Å². The Bertz CT molecular complexity index is 612. The Morgan fingerprint density at radius 3 is 3.00 bits per heavy atom. The molecule has 104 valence electrons. The average molecular weight is 271 g/mol. The second-order valence-corrected chi connectivity index (χ2v) is 4.66. The predicted octanol–water partition coefficient (Wildman–Crippen LogP) is 3.34. The molecule has 4 heteroatoms. The molecule has 0 saturated carbocycles. The van der Waals surface area contributed by atoms with Gasteiger partial charge in [-0.25, -0.2) is 0 Å². The van der Waals surface area contributed by atoms with Gasteiger partial charge in [0.05, 0.1) is 18.3 Å². The lowest BCUT2D eigenvalue weighted by molar-refractivity contribution is 0.333. The summed E-state index contributed by atoms with van der Waals surface area (Å²) in [4.78, 5) is 0. The molecule has 1 atom stereocenters. The number of phenols is 1. The van der Waals surface area contributed by atoms with Crippen LogP contribution >= 0.6 is 0 Å². The lowest BCUT2D eigenvalue weighted by Gasteiger charge is -2.16. The zero-order chi connectivity index (χ0) is 13.9. The van der Waals surface area contributed by atoms with Crippen molar-refractivity contribution in [3.8, 4) is 17.2 Å². The van der Waals surface area contributed by atoms with Gasteiger partial charge in [-0.05, 0) is 31.2 Å². The van der Waals surface area contributed by atoms with Gasteiger partial charge in [0.15, 0.2) is 0 Å². The van der Waals surface area contributed by atoms with E-state index in [1.54, 1.807) is 12.1 Å². The Labute approximate surface area is 118 Å². The molecule has 1 unspecified atom stereocenters. The van der Waals surface area contributed by atoms with Crippen LogP contribution in [-0.4, -0.2) is 18.3 Å². The van der Waals surface area contributed by atoms with Gasteiger partial charge in [-0.3, -0.25) is 0 Å². The summed E-state index contributed by atoms with van der Waals surface area (Å²) in [6.45, 7) is 3.14. The van der Waals surface area contributed by atoms with E-state index in [1.165, 1.54) is 0 Å². The Morgan fingerprint density at radius 1 is 1.30 bits per heavy atom. The van der Waals surface area contributed by atoms with E-state index in [-0.39, 0.29) is 11.8 Å². The highest BCUT2D eigenvalue weighted by Gasteiger charge is 2.25. The molecule has 0 radical (unpaired) electrons. The fourth-order valence-electron chi connectivity index (χ4n) is 2.37. The monoisotopic (exact) mass is 271 g/mol. The van der Waals surface area contributed by atoms with E-state index in [0.717, 1.165) is 22.7 Å². The molecule has 0 aliphatic carbocycles. The van der Waals surface area contributed by atoms with Gasteiger partial charge >= 0.3 is 0 Å². The lowest BCUT2D eigenvalue weighted by atomic mass is 10.1. The average Bonchev–Trinajstić information content (AvgIpc) is 2.83. The third kappa shape index (κ3) is 2.37. The summed E-state index contributed by atoms with van der Waals surface area (Å²) >= 11 is 0. The van der Waals surface area contributed by atoms with Crippen LogP contribution in [0.25, 0.3) is 0 Å². The summed E-state index contributed by atoms with van der Waals surface area (Å²) in [6, 6.07) is 13.1. The first-order valence-corrected chi connectivity index (χ1v) is 6.72. The standard InChI is InChI=1S/C16H17NO3/c1-2-19-15-6-4-3-5-13(15)17-14-10-20-16-9-11(18)7-8-12(14)16/h3-9,14,17-18H,2,10H2,1H3. The summed E-state index contributed by atoms with van der Waals surface area (Å²) in [5.74, 6) is 1.79. The Kier molecular flexibility index (Phi) is 3.37.